The van der Waals surface area contributed by atoms with Crippen molar-refractivity contribution in [3.8, 4) is 6.07 Å². The second-order valence-corrected chi connectivity index (χ2v) is 3.64. The number of nitriles is 1. The van der Waals surface area contributed by atoms with Gasteiger partial charge in [-0.2, -0.15) is 5.26 Å². The minimum atomic E-state index is -0.241. The maximum atomic E-state index is 9.16. The minimum Gasteiger partial charge on any atom is -0.379 e. The molecular weight excluding hydrogens is 192 g/mol. The number of hydrogen-bond donors (Lipinski definition) is 0. The number of aromatic nitrogens is 2. The molecule has 1 unspecified atom stereocenters. The first kappa shape index (κ1) is 10.1. The Morgan fingerprint density at radius 3 is 2.80 bits per heavy atom. The first-order valence-electron chi connectivity index (χ1n) is 5.00. The third kappa shape index (κ3) is 2.17. The Balaban J connectivity index is 2.13. The third-order valence-electron chi connectivity index (χ3n) is 2.54. The van der Waals surface area contributed by atoms with Gasteiger partial charge in [-0.3, -0.25) is 4.90 Å². The Kier molecular flexibility index (Phi) is 2.99. The lowest BCUT2D eigenvalue weighted by molar-refractivity contribution is 0.0260. The molecule has 1 aliphatic rings. The van der Waals surface area contributed by atoms with Gasteiger partial charge in [-0.25, -0.2) is 4.98 Å². The van der Waals surface area contributed by atoms with Crippen LogP contribution >= 0.6 is 0 Å². The lowest BCUT2D eigenvalue weighted by Gasteiger charge is -2.29. The molecule has 2 heterocycles. The number of hydrogen-bond acceptors (Lipinski definition) is 4. The van der Waals surface area contributed by atoms with Crippen LogP contribution in [0.15, 0.2) is 12.5 Å². The first-order valence-corrected chi connectivity index (χ1v) is 5.00. The van der Waals surface area contributed by atoms with E-state index in [1.54, 1.807) is 6.33 Å². The van der Waals surface area contributed by atoms with Gasteiger partial charge < -0.3 is 9.30 Å². The zero-order valence-corrected chi connectivity index (χ0v) is 8.76. The van der Waals surface area contributed by atoms with E-state index < -0.39 is 0 Å². The van der Waals surface area contributed by atoms with Crippen LogP contribution in [0.3, 0.4) is 0 Å². The Hall–Kier alpha value is -1.38. The van der Waals surface area contributed by atoms with E-state index in [0.717, 1.165) is 18.8 Å². The Morgan fingerprint density at radius 2 is 2.27 bits per heavy atom. The fourth-order valence-electron chi connectivity index (χ4n) is 1.74. The number of imidazole rings is 1. The first-order chi connectivity index (χ1) is 7.31. The van der Waals surface area contributed by atoms with Gasteiger partial charge in [0.1, 0.15) is 6.04 Å². The quantitative estimate of drug-likeness (QED) is 0.699. The van der Waals surface area contributed by atoms with Crippen LogP contribution in [0.2, 0.25) is 0 Å². The van der Waals surface area contributed by atoms with E-state index >= 15 is 0 Å². The molecule has 1 saturated heterocycles. The molecule has 0 aliphatic carbocycles. The summed E-state index contributed by atoms with van der Waals surface area (Å²) in [6.45, 7) is 3.00. The predicted molar refractivity (Wildman–Crippen MR) is 54.0 cm³/mol. The predicted octanol–water partition coefficient (Wildman–Crippen LogP) is 0.317. The average molecular weight is 206 g/mol. The van der Waals surface area contributed by atoms with Gasteiger partial charge >= 0.3 is 0 Å². The molecule has 1 aromatic rings. The van der Waals surface area contributed by atoms with Crippen molar-refractivity contribution in [2.24, 2.45) is 7.05 Å². The lowest BCUT2D eigenvalue weighted by Crippen LogP contribution is -2.38. The van der Waals surface area contributed by atoms with Crippen molar-refractivity contribution in [1.82, 2.24) is 14.5 Å². The molecule has 1 aromatic heterocycles. The van der Waals surface area contributed by atoms with E-state index in [1.165, 1.54) is 0 Å². The largest absolute Gasteiger partial charge is 0.379 e. The summed E-state index contributed by atoms with van der Waals surface area (Å²) in [5.74, 6) is 0. The standard InChI is InChI=1S/C10H14N4O/c1-13-7-9(12-8-13)10(6-11)14-2-4-15-5-3-14/h7-8,10H,2-5H2,1H3. The number of nitrogens with zero attached hydrogens (tertiary/aromatic N) is 4. The fraction of sp³-hybridized carbons (Fsp3) is 0.600. The SMILES string of the molecule is Cn1cnc(C(C#N)N2CCOCC2)c1. The number of aryl methyl sites for hydroxylation is 1. The summed E-state index contributed by atoms with van der Waals surface area (Å²) < 4.78 is 7.12. The molecular formula is C10H14N4O. The van der Waals surface area contributed by atoms with Gasteiger partial charge in [-0.15, -0.1) is 0 Å². The highest BCUT2D eigenvalue weighted by atomic mass is 16.5. The van der Waals surface area contributed by atoms with Crippen LogP contribution in [0.4, 0.5) is 0 Å². The van der Waals surface area contributed by atoms with E-state index in [0.29, 0.717) is 13.2 Å². The van der Waals surface area contributed by atoms with Crippen LogP contribution in [-0.2, 0) is 11.8 Å². The summed E-state index contributed by atoms with van der Waals surface area (Å²) in [7, 11) is 1.91. The van der Waals surface area contributed by atoms with Crippen LogP contribution in [0.1, 0.15) is 11.7 Å². The molecule has 0 spiro atoms. The van der Waals surface area contributed by atoms with Gasteiger partial charge in [-0.1, -0.05) is 0 Å². The van der Waals surface area contributed by atoms with Crippen LogP contribution in [-0.4, -0.2) is 40.8 Å². The molecule has 5 heteroatoms. The van der Waals surface area contributed by atoms with Crippen molar-refractivity contribution in [3.63, 3.8) is 0 Å². The van der Waals surface area contributed by atoms with Crippen LogP contribution in [0.5, 0.6) is 0 Å². The van der Waals surface area contributed by atoms with Crippen LogP contribution < -0.4 is 0 Å². The van der Waals surface area contributed by atoms with Crippen molar-refractivity contribution in [2.75, 3.05) is 26.3 Å². The maximum absolute atomic E-state index is 9.16. The average Bonchev–Trinajstić information content (AvgIpc) is 2.68. The molecule has 0 saturated carbocycles. The summed E-state index contributed by atoms with van der Waals surface area (Å²) >= 11 is 0. The molecule has 5 nitrogen and oxygen atoms in total. The molecule has 2 rings (SSSR count). The molecule has 0 aromatic carbocycles. The second-order valence-electron chi connectivity index (χ2n) is 3.64. The minimum absolute atomic E-state index is 0.241. The van der Waals surface area contributed by atoms with E-state index in [2.05, 4.69) is 16.0 Å². The van der Waals surface area contributed by atoms with Crippen molar-refractivity contribution >= 4 is 0 Å². The molecule has 15 heavy (non-hydrogen) atoms. The highest BCUT2D eigenvalue weighted by Gasteiger charge is 2.23. The van der Waals surface area contributed by atoms with E-state index in [9.17, 15) is 0 Å². The van der Waals surface area contributed by atoms with Crippen molar-refractivity contribution < 1.29 is 4.74 Å². The molecule has 0 bridgehead atoms. The number of morpholine rings is 1. The van der Waals surface area contributed by atoms with Crippen molar-refractivity contribution in [1.29, 1.82) is 5.26 Å². The third-order valence-corrected chi connectivity index (χ3v) is 2.54. The van der Waals surface area contributed by atoms with Gasteiger partial charge in [0.05, 0.1) is 31.3 Å². The molecule has 1 aliphatic heterocycles. The van der Waals surface area contributed by atoms with Gasteiger partial charge in [0.25, 0.3) is 0 Å². The Bertz CT molecular complexity index is 362. The second kappa shape index (κ2) is 4.43. The Morgan fingerprint density at radius 1 is 1.53 bits per heavy atom. The van der Waals surface area contributed by atoms with Gasteiger partial charge in [0.2, 0.25) is 0 Å². The molecule has 0 N–H and O–H groups in total. The molecule has 80 valence electrons. The van der Waals surface area contributed by atoms with Gasteiger partial charge in [0.15, 0.2) is 0 Å². The smallest absolute Gasteiger partial charge is 0.142 e. The highest BCUT2D eigenvalue weighted by Crippen LogP contribution is 2.18. The van der Waals surface area contributed by atoms with Crippen LogP contribution in [0, 0.1) is 11.3 Å². The highest BCUT2D eigenvalue weighted by molar-refractivity contribution is 5.13. The number of ether oxygens (including phenoxy) is 1. The van der Waals surface area contributed by atoms with Crippen molar-refractivity contribution in [3.05, 3.63) is 18.2 Å². The molecule has 1 atom stereocenters. The zero-order valence-electron chi connectivity index (χ0n) is 8.76. The van der Waals surface area contributed by atoms with Crippen molar-refractivity contribution in [2.45, 2.75) is 6.04 Å². The van der Waals surface area contributed by atoms with E-state index in [-0.39, 0.29) is 6.04 Å². The monoisotopic (exact) mass is 206 g/mol. The lowest BCUT2D eigenvalue weighted by atomic mass is 10.2. The van der Waals surface area contributed by atoms with Crippen LogP contribution in [0.25, 0.3) is 0 Å². The Labute approximate surface area is 88.9 Å². The summed E-state index contributed by atoms with van der Waals surface area (Å²) in [6, 6.07) is 2.06. The van der Waals surface area contributed by atoms with Gasteiger partial charge in [-0.05, 0) is 0 Å². The fourth-order valence-corrected chi connectivity index (χ4v) is 1.74. The topological polar surface area (TPSA) is 54.1 Å². The molecule has 0 radical (unpaired) electrons. The van der Waals surface area contributed by atoms with E-state index in [4.69, 9.17) is 10.00 Å². The van der Waals surface area contributed by atoms with Gasteiger partial charge in [0, 0.05) is 26.3 Å². The normalized spacial score (nSPS) is 19.7. The summed E-state index contributed by atoms with van der Waals surface area (Å²) in [4.78, 5) is 6.32. The molecule has 0 amide bonds. The van der Waals surface area contributed by atoms with E-state index in [1.807, 2.05) is 17.8 Å². The number of rotatable bonds is 2. The summed E-state index contributed by atoms with van der Waals surface area (Å²) in [6.07, 6.45) is 3.61. The maximum Gasteiger partial charge on any atom is 0.142 e. The summed E-state index contributed by atoms with van der Waals surface area (Å²) in [5.41, 5.74) is 0.821. The molecule has 1 fully saturated rings. The summed E-state index contributed by atoms with van der Waals surface area (Å²) in [5, 5.41) is 9.16. The zero-order chi connectivity index (χ0) is 10.7.